The third kappa shape index (κ3) is 9.86. The lowest BCUT2D eigenvalue weighted by atomic mass is 10.0. The summed E-state index contributed by atoms with van der Waals surface area (Å²) in [5.74, 6) is -0.262. The van der Waals surface area contributed by atoms with Crippen molar-refractivity contribution in [3.05, 3.63) is 120 Å². The van der Waals surface area contributed by atoms with Crippen molar-refractivity contribution in [3.63, 3.8) is 0 Å². The number of hydrogen-bond acceptors (Lipinski definition) is 6. The highest BCUT2D eigenvalue weighted by atomic mass is 32.2. The van der Waals surface area contributed by atoms with E-state index in [1.807, 2.05) is 94.6 Å². The Labute approximate surface area is 283 Å². The fourth-order valence-corrected chi connectivity index (χ4v) is 6.89. The molecule has 0 saturated carbocycles. The Kier molecular flexibility index (Phi) is 12.1. The van der Waals surface area contributed by atoms with Crippen molar-refractivity contribution in [1.82, 2.24) is 10.2 Å². The van der Waals surface area contributed by atoms with Crippen LogP contribution >= 0.6 is 11.8 Å². The van der Waals surface area contributed by atoms with Crippen molar-refractivity contribution in [3.8, 4) is 5.75 Å². The molecule has 4 aromatic rings. The Morgan fingerprint density at radius 3 is 1.94 bits per heavy atom. The van der Waals surface area contributed by atoms with Crippen LogP contribution in [0, 0.1) is 0 Å². The lowest BCUT2D eigenvalue weighted by Crippen LogP contribution is -2.56. The molecule has 0 saturated heterocycles. The average molecular weight is 674 g/mol. The quantitative estimate of drug-likeness (QED) is 0.153. The first kappa shape index (κ1) is 35.6. The summed E-state index contributed by atoms with van der Waals surface area (Å²) in [6.07, 6.45) is 2.16. The second kappa shape index (κ2) is 16.0. The van der Waals surface area contributed by atoms with Gasteiger partial charge < -0.3 is 15.0 Å². The molecular weight excluding hydrogens is 631 g/mol. The van der Waals surface area contributed by atoms with Crippen LogP contribution in [0.25, 0.3) is 0 Å². The van der Waals surface area contributed by atoms with Crippen LogP contribution < -0.4 is 14.4 Å². The highest BCUT2D eigenvalue weighted by Crippen LogP contribution is 2.28. The van der Waals surface area contributed by atoms with Gasteiger partial charge in [-0.2, -0.15) is 0 Å². The van der Waals surface area contributed by atoms with Crippen LogP contribution in [0.3, 0.4) is 0 Å². The number of benzene rings is 4. The fourth-order valence-electron chi connectivity index (χ4n) is 5.07. The Morgan fingerprint density at radius 2 is 1.40 bits per heavy atom. The zero-order valence-electron chi connectivity index (χ0n) is 27.6. The smallest absolute Gasteiger partial charge is 0.264 e. The van der Waals surface area contributed by atoms with E-state index < -0.39 is 34.1 Å². The van der Waals surface area contributed by atoms with E-state index in [1.54, 1.807) is 48.5 Å². The van der Waals surface area contributed by atoms with Gasteiger partial charge >= 0.3 is 0 Å². The van der Waals surface area contributed by atoms with Crippen LogP contribution in [0.5, 0.6) is 5.75 Å². The number of carbonyl (C=O) groups is 2. The normalized spacial score (nSPS) is 12.2. The molecular formula is C37H43N3O5S2. The Morgan fingerprint density at radius 1 is 0.830 bits per heavy atom. The second-order valence-corrected chi connectivity index (χ2v) is 14.8. The Hall–Kier alpha value is -4.28. The van der Waals surface area contributed by atoms with Gasteiger partial charge in [-0.1, -0.05) is 60.7 Å². The molecule has 0 aromatic heterocycles. The molecule has 0 spiro atoms. The number of thioether (sulfide) groups is 1. The predicted octanol–water partition coefficient (Wildman–Crippen LogP) is 6.56. The largest absolute Gasteiger partial charge is 0.494 e. The average Bonchev–Trinajstić information content (AvgIpc) is 3.06. The van der Waals surface area contributed by atoms with E-state index in [2.05, 4.69) is 5.32 Å². The minimum Gasteiger partial charge on any atom is -0.494 e. The van der Waals surface area contributed by atoms with Crippen LogP contribution in [0.4, 0.5) is 5.69 Å². The monoisotopic (exact) mass is 673 g/mol. The molecule has 0 aliphatic carbocycles. The van der Waals surface area contributed by atoms with Crippen LogP contribution in [0.15, 0.2) is 119 Å². The maximum Gasteiger partial charge on any atom is 0.264 e. The van der Waals surface area contributed by atoms with Gasteiger partial charge in [-0.3, -0.25) is 13.9 Å². The number of ether oxygens (including phenoxy) is 1. The highest BCUT2D eigenvalue weighted by Gasteiger charge is 2.35. The second-order valence-electron chi connectivity index (χ2n) is 12.1. The third-order valence-electron chi connectivity index (χ3n) is 7.33. The van der Waals surface area contributed by atoms with Gasteiger partial charge in [-0.25, -0.2) is 8.42 Å². The van der Waals surface area contributed by atoms with Crippen molar-refractivity contribution in [1.29, 1.82) is 0 Å². The van der Waals surface area contributed by atoms with Crippen LogP contribution in [-0.2, 0) is 32.6 Å². The predicted molar refractivity (Wildman–Crippen MR) is 189 cm³/mol. The molecule has 248 valence electrons. The number of rotatable bonds is 14. The summed E-state index contributed by atoms with van der Waals surface area (Å²) >= 11 is 1.50. The summed E-state index contributed by atoms with van der Waals surface area (Å²) in [7, 11) is -4.20. The number of nitrogens with one attached hydrogen (secondary N) is 1. The molecule has 1 N–H and O–H groups in total. The zero-order chi connectivity index (χ0) is 34.0. The maximum absolute atomic E-state index is 14.6. The summed E-state index contributed by atoms with van der Waals surface area (Å²) in [6, 6.07) is 31.2. The van der Waals surface area contributed by atoms with Crippen molar-refractivity contribution < 1.29 is 22.7 Å². The summed E-state index contributed by atoms with van der Waals surface area (Å²) in [6.45, 7) is 7.55. The zero-order valence-corrected chi connectivity index (χ0v) is 29.2. The van der Waals surface area contributed by atoms with Gasteiger partial charge in [-0.05, 0) is 93.6 Å². The molecule has 1 atom stereocenters. The summed E-state index contributed by atoms with van der Waals surface area (Å²) in [4.78, 5) is 31.0. The fraction of sp³-hybridized carbons (Fsp3) is 0.297. The molecule has 4 aromatic carbocycles. The molecule has 0 aliphatic heterocycles. The standard InChI is InChI=1S/C37H43N3O5S2/c1-6-45-31-19-17-30(18-20-31)40(47(43,44)33-23-21-32(46-5)22-24-33)27-35(41)39(26-29-15-11-8-12-16-29)34(36(42)38-37(2,3)4)25-28-13-9-7-10-14-28/h7-24,34H,6,25-27H2,1-5H3,(H,38,42)/t34-/m0/s1. The third-order valence-corrected chi connectivity index (χ3v) is 9.86. The maximum atomic E-state index is 14.6. The van der Waals surface area contributed by atoms with Crippen molar-refractivity contribution in [2.24, 2.45) is 0 Å². The van der Waals surface area contributed by atoms with Crippen molar-refractivity contribution in [2.75, 3.05) is 23.7 Å². The number of nitrogens with zero attached hydrogens (tertiary/aromatic N) is 2. The van der Waals surface area contributed by atoms with Crippen molar-refractivity contribution >= 4 is 39.3 Å². The highest BCUT2D eigenvalue weighted by molar-refractivity contribution is 7.98. The van der Waals surface area contributed by atoms with Gasteiger partial charge in [0.1, 0.15) is 18.3 Å². The van der Waals surface area contributed by atoms with E-state index >= 15 is 0 Å². The number of amides is 2. The molecule has 0 bridgehead atoms. The van der Waals surface area contributed by atoms with E-state index in [4.69, 9.17) is 4.74 Å². The molecule has 0 heterocycles. The number of sulfonamides is 1. The van der Waals surface area contributed by atoms with E-state index in [-0.39, 0.29) is 23.8 Å². The van der Waals surface area contributed by atoms with E-state index in [1.165, 1.54) is 16.7 Å². The minimum absolute atomic E-state index is 0.0536. The molecule has 0 aliphatic rings. The van der Waals surface area contributed by atoms with Gasteiger partial charge in [0.05, 0.1) is 17.2 Å². The van der Waals surface area contributed by atoms with Gasteiger partial charge in [-0.15, -0.1) is 11.8 Å². The lowest BCUT2D eigenvalue weighted by Gasteiger charge is -2.35. The van der Waals surface area contributed by atoms with Crippen LogP contribution in [-0.4, -0.2) is 56.1 Å². The summed E-state index contributed by atoms with van der Waals surface area (Å²) in [5, 5.41) is 3.05. The van der Waals surface area contributed by atoms with E-state index in [0.29, 0.717) is 18.0 Å². The summed E-state index contributed by atoms with van der Waals surface area (Å²) in [5.41, 5.74) is 1.42. The SMILES string of the molecule is CCOc1ccc(N(CC(=O)N(Cc2ccccc2)[C@@H](Cc2ccccc2)C(=O)NC(C)(C)C)S(=O)(=O)c2ccc(SC)cc2)cc1. The topological polar surface area (TPSA) is 96.0 Å². The number of anilines is 1. The molecule has 0 radical (unpaired) electrons. The molecule has 0 fully saturated rings. The molecule has 8 nitrogen and oxygen atoms in total. The first-order valence-electron chi connectivity index (χ1n) is 15.5. The van der Waals surface area contributed by atoms with E-state index in [0.717, 1.165) is 20.3 Å². The molecule has 2 amide bonds. The van der Waals surface area contributed by atoms with E-state index in [9.17, 15) is 18.0 Å². The lowest BCUT2D eigenvalue weighted by molar-refractivity contribution is -0.140. The molecule has 47 heavy (non-hydrogen) atoms. The molecule has 0 unspecified atom stereocenters. The minimum atomic E-state index is -4.20. The Bertz CT molecular complexity index is 1710. The van der Waals surface area contributed by atoms with Crippen LogP contribution in [0.1, 0.15) is 38.8 Å². The van der Waals surface area contributed by atoms with Crippen molar-refractivity contribution in [2.45, 2.75) is 62.0 Å². The molecule has 10 heteroatoms. The van der Waals surface area contributed by atoms with Gasteiger partial charge in [0.2, 0.25) is 11.8 Å². The van der Waals surface area contributed by atoms with Gasteiger partial charge in [0.25, 0.3) is 10.0 Å². The first-order valence-corrected chi connectivity index (χ1v) is 18.2. The Balaban J connectivity index is 1.80. The number of hydrogen-bond donors (Lipinski definition) is 1. The summed E-state index contributed by atoms with van der Waals surface area (Å²) < 4.78 is 35.3. The van der Waals surface area contributed by atoms with Crippen LogP contribution in [0.2, 0.25) is 0 Å². The van der Waals surface area contributed by atoms with Gasteiger partial charge in [0, 0.05) is 23.4 Å². The molecule has 4 rings (SSSR count). The van der Waals surface area contributed by atoms with Gasteiger partial charge in [0.15, 0.2) is 0 Å². The number of carbonyl (C=O) groups excluding carboxylic acids is 2. The first-order chi connectivity index (χ1) is 22.4.